The van der Waals surface area contributed by atoms with Gasteiger partial charge in [-0.15, -0.1) is 0 Å². The van der Waals surface area contributed by atoms with Gasteiger partial charge in [-0.3, -0.25) is 14.6 Å². The van der Waals surface area contributed by atoms with Crippen LogP contribution in [-0.2, 0) is 14.4 Å². The van der Waals surface area contributed by atoms with Crippen molar-refractivity contribution in [1.82, 2.24) is 10.0 Å². The van der Waals surface area contributed by atoms with Crippen LogP contribution in [0.4, 0.5) is 4.39 Å². The van der Waals surface area contributed by atoms with E-state index in [1.807, 2.05) is 44.2 Å². The lowest BCUT2D eigenvalue weighted by molar-refractivity contribution is -0.274. The normalized spacial score (nSPS) is 31.7. The van der Waals surface area contributed by atoms with E-state index in [1.165, 1.54) is 0 Å². The van der Waals surface area contributed by atoms with Gasteiger partial charge in [-0.1, -0.05) is 38.1 Å². The number of hydroxylamine groups is 2. The summed E-state index contributed by atoms with van der Waals surface area (Å²) in [6, 6.07) is 8.56. The van der Waals surface area contributed by atoms with Crippen LogP contribution in [0.15, 0.2) is 36.5 Å². The van der Waals surface area contributed by atoms with Gasteiger partial charge in [-0.2, -0.15) is 5.06 Å². The fourth-order valence-electron chi connectivity index (χ4n) is 3.95. The molecule has 1 N–H and O–H groups in total. The molecule has 0 spiro atoms. The number of pyridine rings is 1. The third-order valence-electron chi connectivity index (χ3n) is 5.45. The van der Waals surface area contributed by atoms with Crippen LogP contribution in [0, 0.1) is 5.92 Å². The molecular formula is C20H23FN2O4. The number of hydrogen-bond acceptors (Lipinski definition) is 6. The van der Waals surface area contributed by atoms with Crippen LogP contribution < -0.4 is 0 Å². The highest BCUT2D eigenvalue weighted by Gasteiger charge is 2.56. The SMILES string of the molecule is CC(C)C1C[C@H](c2nccc3ccccc23)N([C@H]2CC(=O)O[C@]2(O)CF)O1. The van der Waals surface area contributed by atoms with Crippen molar-refractivity contribution in [2.75, 3.05) is 6.67 Å². The third-order valence-corrected chi connectivity index (χ3v) is 5.45. The summed E-state index contributed by atoms with van der Waals surface area (Å²) >= 11 is 0. The molecule has 1 aromatic carbocycles. The molecule has 2 aliphatic heterocycles. The number of benzene rings is 1. The molecule has 0 amide bonds. The number of hydrogen-bond donors (Lipinski definition) is 1. The fraction of sp³-hybridized carbons (Fsp3) is 0.500. The molecule has 4 rings (SSSR count). The molecule has 0 saturated carbocycles. The maximum absolute atomic E-state index is 13.6. The number of halogens is 1. The Morgan fingerprint density at radius 3 is 2.89 bits per heavy atom. The van der Waals surface area contributed by atoms with Crippen molar-refractivity contribution in [2.45, 2.75) is 50.7 Å². The number of rotatable bonds is 4. The Balaban J connectivity index is 1.78. The average molecular weight is 374 g/mol. The number of aromatic nitrogens is 1. The Kier molecular flexibility index (Phi) is 4.61. The standard InChI is InChI=1S/C20H23FN2O4/c1-12(2)16-9-15(19-14-6-4-3-5-13(14)7-8-22-19)23(27-16)17-10-18(24)26-20(17,25)11-21/h3-8,12,15-17,25H,9-11H2,1-2H3/t15-,16?,17+,20-/m1/s1. The van der Waals surface area contributed by atoms with Gasteiger partial charge in [0.2, 0.25) is 0 Å². The van der Waals surface area contributed by atoms with Crippen molar-refractivity contribution in [3.05, 3.63) is 42.2 Å². The predicted octanol–water partition coefficient (Wildman–Crippen LogP) is 2.91. The summed E-state index contributed by atoms with van der Waals surface area (Å²) in [6.45, 7) is 2.89. The molecule has 6 nitrogen and oxygen atoms in total. The molecule has 1 aromatic heterocycles. The van der Waals surface area contributed by atoms with E-state index >= 15 is 0 Å². The van der Waals surface area contributed by atoms with E-state index in [-0.39, 0.29) is 24.5 Å². The summed E-state index contributed by atoms with van der Waals surface area (Å²) in [6.07, 6.45) is 2.10. The van der Waals surface area contributed by atoms with Gasteiger partial charge in [0, 0.05) is 11.6 Å². The molecule has 0 aliphatic carbocycles. The molecule has 2 saturated heterocycles. The summed E-state index contributed by atoms with van der Waals surface area (Å²) in [5.41, 5.74) is 0.789. The Labute approximate surface area is 156 Å². The van der Waals surface area contributed by atoms with Crippen molar-refractivity contribution in [2.24, 2.45) is 5.92 Å². The minimum Gasteiger partial charge on any atom is -0.428 e. The second kappa shape index (κ2) is 6.82. The molecule has 2 fully saturated rings. The number of cyclic esters (lactones) is 1. The molecule has 4 atom stereocenters. The maximum atomic E-state index is 13.6. The van der Waals surface area contributed by atoms with Crippen LogP contribution >= 0.6 is 0 Å². The topological polar surface area (TPSA) is 71.9 Å². The molecule has 0 radical (unpaired) electrons. The van der Waals surface area contributed by atoms with Crippen molar-refractivity contribution in [1.29, 1.82) is 0 Å². The van der Waals surface area contributed by atoms with Crippen molar-refractivity contribution < 1.29 is 23.9 Å². The van der Waals surface area contributed by atoms with Gasteiger partial charge in [0.25, 0.3) is 5.79 Å². The number of fused-ring (bicyclic) bond motifs is 1. The minimum atomic E-state index is -2.20. The first-order valence-corrected chi connectivity index (χ1v) is 9.22. The van der Waals surface area contributed by atoms with Gasteiger partial charge in [0.05, 0.1) is 24.3 Å². The van der Waals surface area contributed by atoms with Crippen LogP contribution in [0.5, 0.6) is 0 Å². The monoisotopic (exact) mass is 374 g/mol. The number of carbonyl (C=O) groups is 1. The first-order valence-electron chi connectivity index (χ1n) is 9.22. The average Bonchev–Trinajstić information content (AvgIpc) is 3.22. The summed E-state index contributed by atoms with van der Waals surface area (Å²) in [5, 5.41) is 14.1. The van der Waals surface area contributed by atoms with Crippen LogP contribution in [-0.4, -0.2) is 45.7 Å². The Morgan fingerprint density at radius 2 is 2.15 bits per heavy atom. The van der Waals surface area contributed by atoms with Crippen molar-refractivity contribution >= 4 is 16.7 Å². The van der Waals surface area contributed by atoms with E-state index in [0.717, 1.165) is 16.5 Å². The highest BCUT2D eigenvalue weighted by molar-refractivity contribution is 5.84. The van der Waals surface area contributed by atoms with E-state index < -0.39 is 24.5 Å². The lowest BCUT2D eigenvalue weighted by Gasteiger charge is -2.34. The maximum Gasteiger partial charge on any atom is 0.310 e. The first-order chi connectivity index (χ1) is 12.9. The number of nitrogens with zero attached hydrogens (tertiary/aromatic N) is 2. The predicted molar refractivity (Wildman–Crippen MR) is 96.1 cm³/mol. The summed E-state index contributed by atoms with van der Waals surface area (Å²) in [4.78, 5) is 22.5. The molecule has 1 unspecified atom stereocenters. The van der Waals surface area contributed by atoms with Gasteiger partial charge >= 0.3 is 5.97 Å². The first kappa shape index (κ1) is 18.3. The Bertz CT molecular complexity index is 855. The zero-order valence-corrected chi connectivity index (χ0v) is 15.3. The number of alkyl halides is 1. The van der Waals surface area contributed by atoms with Crippen LogP contribution in [0.1, 0.15) is 38.4 Å². The third kappa shape index (κ3) is 3.09. The molecule has 2 aromatic rings. The molecule has 2 aliphatic rings. The van der Waals surface area contributed by atoms with Gasteiger partial charge < -0.3 is 9.84 Å². The molecule has 0 bridgehead atoms. The van der Waals surface area contributed by atoms with E-state index in [1.54, 1.807) is 11.3 Å². The Morgan fingerprint density at radius 1 is 1.37 bits per heavy atom. The highest BCUT2D eigenvalue weighted by atomic mass is 19.1. The lowest BCUT2D eigenvalue weighted by atomic mass is 9.95. The second-order valence-electron chi connectivity index (χ2n) is 7.59. The van der Waals surface area contributed by atoms with Crippen molar-refractivity contribution in [3.8, 4) is 0 Å². The largest absolute Gasteiger partial charge is 0.428 e. The summed E-state index contributed by atoms with van der Waals surface area (Å²) < 4.78 is 18.5. The van der Waals surface area contributed by atoms with Crippen LogP contribution in [0.3, 0.4) is 0 Å². The van der Waals surface area contributed by atoms with Gasteiger partial charge in [-0.05, 0) is 23.8 Å². The molecule has 144 valence electrons. The summed E-state index contributed by atoms with van der Waals surface area (Å²) in [7, 11) is 0. The number of ether oxygens (including phenoxy) is 1. The molecule has 7 heteroatoms. The second-order valence-corrected chi connectivity index (χ2v) is 7.59. The lowest BCUT2D eigenvalue weighted by Crippen LogP contribution is -2.51. The van der Waals surface area contributed by atoms with Crippen LogP contribution in [0.25, 0.3) is 10.8 Å². The zero-order chi connectivity index (χ0) is 19.2. The van der Waals surface area contributed by atoms with Gasteiger partial charge in [0.1, 0.15) is 6.04 Å². The molecular weight excluding hydrogens is 351 g/mol. The number of carbonyl (C=O) groups excluding carboxylic acids is 1. The molecule has 3 heterocycles. The molecule has 27 heavy (non-hydrogen) atoms. The van der Waals surface area contributed by atoms with Crippen molar-refractivity contribution in [3.63, 3.8) is 0 Å². The van der Waals surface area contributed by atoms with Gasteiger partial charge in [-0.25, -0.2) is 4.39 Å². The Hall–Kier alpha value is -2.09. The van der Waals surface area contributed by atoms with Crippen LogP contribution in [0.2, 0.25) is 0 Å². The van der Waals surface area contributed by atoms with E-state index in [0.29, 0.717) is 6.42 Å². The van der Waals surface area contributed by atoms with E-state index in [4.69, 9.17) is 9.57 Å². The highest BCUT2D eigenvalue weighted by Crippen LogP contribution is 2.44. The van der Waals surface area contributed by atoms with Gasteiger partial charge in [0.15, 0.2) is 6.67 Å². The smallest absolute Gasteiger partial charge is 0.310 e. The van der Waals surface area contributed by atoms with E-state index in [9.17, 15) is 14.3 Å². The number of aliphatic hydroxyl groups is 1. The summed E-state index contributed by atoms with van der Waals surface area (Å²) in [5.74, 6) is -2.63. The van der Waals surface area contributed by atoms with E-state index in [2.05, 4.69) is 4.98 Å². The quantitative estimate of drug-likeness (QED) is 0.830. The number of esters is 1. The minimum absolute atomic E-state index is 0.129. The zero-order valence-electron chi connectivity index (χ0n) is 15.3. The fourth-order valence-corrected chi connectivity index (χ4v) is 3.95.